The number of carbonyl (C=O) groups is 1. The number of halogens is 1. The van der Waals surface area contributed by atoms with Crippen LogP contribution >= 0.6 is 34.3 Å². The van der Waals surface area contributed by atoms with Gasteiger partial charge < -0.3 is 4.74 Å². The Balaban J connectivity index is 1.94. The molecule has 0 bridgehead atoms. The fourth-order valence-corrected chi connectivity index (χ4v) is 5.36. The molecule has 1 aliphatic rings. The molecule has 0 saturated heterocycles. The topological polar surface area (TPSA) is 60.7 Å². The summed E-state index contributed by atoms with van der Waals surface area (Å²) in [6, 6.07) is 10.6. The Morgan fingerprint density at radius 2 is 2.03 bits per heavy atom. The second-order valence-electron chi connectivity index (χ2n) is 7.07. The van der Waals surface area contributed by atoms with E-state index in [0.29, 0.717) is 25.6 Å². The van der Waals surface area contributed by atoms with Crippen LogP contribution in [0.5, 0.6) is 0 Å². The van der Waals surface area contributed by atoms with Crippen molar-refractivity contribution in [2.24, 2.45) is 4.99 Å². The highest BCUT2D eigenvalue weighted by Gasteiger charge is 2.34. The van der Waals surface area contributed by atoms with Gasteiger partial charge in [0, 0.05) is 9.90 Å². The lowest BCUT2D eigenvalue weighted by atomic mass is 10.0. The average molecular weight is 459 g/mol. The highest BCUT2D eigenvalue weighted by molar-refractivity contribution is 7.10. The minimum Gasteiger partial charge on any atom is -0.459 e. The number of hydrogen-bond donors (Lipinski definition) is 0. The molecule has 0 saturated carbocycles. The molecule has 1 unspecified atom stereocenters. The monoisotopic (exact) mass is 458 g/mol. The van der Waals surface area contributed by atoms with Crippen molar-refractivity contribution in [3.05, 3.63) is 88.2 Å². The van der Waals surface area contributed by atoms with Crippen molar-refractivity contribution in [3.8, 4) is 0 Å². The molecule has 3 heterocycles. The highest BCUT2D eigenvalue weighted by Crippen LogP contribution is 2.33. The summed E-state index contributed by atoms with van der Waals surface area (Å²) in [5.74, 6) is -0.454. The van der Waals surface area contributed by atoms with Gasteiger partial charge in [0.2, 0.25) is 0 Å². The number of hydrogen-bond acceptors (Lipinski definition) is 6. The summed E-state index contributed by atoms with van der Waals surface area (Å²) in [7, 11) is 0. The Bertz CT molecular complexity index is 1320. The molecule has 3 aromatic rings. The van der Waals surface area contributed by atoms with Crippen molar-refractivity contribution in [2.75, 3.05) is 0 Å². The van der Waals surface area contributed by atoms with E-state index < -0.39 is 12.0 Å². The van der Waals surface area contributed by atoms with E-state index in [-0.39, 0.29) is 11.7 Å². The summed E-state index contributed by atoms with van der Waals surface area (Å²) in [6.07, 6.45) is 1.50. The van der Waals surface area contributed by atoms with Gasteiger partial charge in [-0.15, -0.1) is 11.3 Å². The van der Waals surface area contributed by atoms with Crippen LogP contribution in [0.4, 0.5) is 0 Å². The van der Waals surface area contributed by atoms with Gasteiger partial charge in [0.15, 0.2) is 4.80 Å². The third kappa shape index (κ3) is 3.80. The van der Waals surface area contributed by atoms with E-state index >= 15 is 0 Å². The summed E-state index contributed by atoms with van der Waals surface area (Å²) < 4.78 is 7.57. The molecule has 0 N–H and O–H groups in total. The van der Waals surface area contributed by atoms with Gasteiger partial charge in [-0.05, 0) is 49.9 Å². The first-order chi connectivity index (χ1) is 14.4. The van der Waals surface area contributed by atoms with Crippen molar-refractivity contribution in [2.45, 2.75) is 32.9 Å². The Kier molecular flexibility index (Phi) is 5.77. The summed E-state index contributed by atoms with van der Waals surface area (Å²) in [5.41, 5.74) is 1.50. The van der Waals surface area contributed by atoms with Gasteiger partial charge in [-0.25, -0.2) is 9.79 Å². The van der Waals surface area contributed by atoms with E-state index in [9.17, 15) is 9.59 Å². The molecule has 8 heteroatoms. The normalized spacial score (nSPS) is 16.6. The molecule has 1 atom stereocenters. The van der Waals surface area contributed by atoms with Crippen LogP contribution in [-0.2, 0) is 9.53 Å². The lowest BCUT2D eigenvalue weighted by Gasteiger charge is -2.24. The first-order valence-electron chi connectivity index (χ1n) is 9.38. The van der Waals surface area contributed by atoms with Gasteiger partial charge >= 0.3 is 5.97 Å². The third-order valence-electron chi connectivity index (χ3n) is 4.59. The van der Waals surface area contributed by atoms with Gasteiger partial charge in [0.05, 0.1) is 21.9 Å². The summed E-state index contributed by atoms with van der Waals surface area (Å²) in [6.45, 7) is 5.38. The average Bonchev–Trinajstić information content (AvgIpc) is 3.31. The van der Waals surface area contributed by atoms with Gasteiger partial charge in [0.25, 0.3) is 5.56 Å². The predicted molar refractivity (Wildman–Crippen MR) is 121 cm³/mol. The quantitative estimate of drug-likeness (QED) is 0.557. The molecule has 0 radical (unpaired) electrons. The van der Waals surface area contributed by atoms with Gasteiger partial charge in [-0.1, -0.05) is 47.2 Å². The van der Waals surface area contributed by atoms with Gasteiger partial charge in [0.1, 0.15) is 6.04 Å². The lowest BCUT2D eigenvalue weighted by molar-refractivity contribution is -0.143. The molecule has 4 rings (SSSR count). The van der Waals surface area contributed by atoms with Crippen LogP contribution in [0.25, 0.3) is 6.08 Å². The van der Waals surface area contributed by atoms with Crippen LogP contribution in [0.2, 0.25) is 5.02 Å². The zero-order chi connectivity index (χ0) is 21.4. The van der Waals surface area contributed by atoms with Crippen LogP contribution < -0.4 is 14.9 Å². The molecule has 0 aliphatic carbocycles. The fraction of sp³-hybridized carbons (Fsp3) is 0.227. The molecule has 0 spiro atoms. The second-order valence-corrected chi connectivity index (χ2v) is 9.47. The van der Waals surface area contributed by atoms with Crippen molar-refractivity contribution in [1.29, 1.82) is 0 Å². The summed E-state index contributed by atoms with van der Waals surface area (Å²) in [5, 5.41) is 2.49. The molecular weight excluding hydrogens is 440 g/mol. The Morgan fingerprint density at radius 1 is 1.27 bits per heavy atom. The van der Waals surface area contributed by atoms with E-state index in [0.717, 1.165) is 10.4 Å². The smallest absolute Gasteiger partial charge is 0.338 e. The van der Waals surface area contributed by atoms with Crippen molar-refractivity contribution < 1.29 is 9.53 Å². The third-order valence-corrected chi connectivity index (χ3v) is 6.84. The molecule has 0 amide bonds. The minimum absolute atomic E-state index is 0.209. The minimum atomic E-state index is -0.569. The van der Waals surface area contributed by atoms with Crippen LogP contribution in [0.3, 0.4) is 0 Å². The van der Waals surface area contributed by atoms with E-state index in [1.807, 2.05) is 35.7 Å². The molecule has 2 aromatic heterocycles. The number of thiazole rings is 1. The van der Waals surface area contributed by atoms with Crippen LogP contribution in [0.15, 0.2) is 62.8 Å². The van der Waals surface area contributed by atoms with Crippen LogP contribution in [0.1, 0.15) is 37.3 Å². The lowest BCUT2D eigenvalue weighted by Crippen LogP contribution is -2.39. The first kappa shape index (κ1) is 20.8. The zero-order valence-electron chi connectivity index (χ0n) is 16.6. The number of fused-ring (bicyclic) bond motifs is 1. The molecule has 154 valence electrons. The number of thiophene rings is 1. The molecule has 0 fully saturated rings. The predicted octanol–water partition coefficient (Wildman–Crippen LogP) is 3.90. The molecule has 1 aromatic carbocycles. The summed E-state index contributed by atoms with van der Waals surface area (Å²) >= 11 is 9.05. The van der Waals surface area contributed by atoms with E-state index in [1.54, 1.807) is 37.5 Å². The number of carbonyl (C=O) groups excluding carboxylic acids is 1. The number of esters is 1. The maximum absolute atomic E-state index is 13.4. The molecule has 5 nitrogen and oxygen atoms in total. The largest absolute Gasteiger partial charge is 0.459 e. The van der Waals surface area contributed by atoms with Crippen LogP contribution in [0, 0.1) is 0 Å². The Labute approximate surface area is 186 Å². The van der Waals surface area contributed by atoms with E-state index in [4.69, 9.17) is 16.3 Å². The Morgan fingerprint density at radius 3 is 2.70 bits per heavy atom. The maximum atomic E-state index is 13.4. The number of rotatable bonds is 4. The highest BCUT2D eigenvalue weighted by atomic mass is 35.5. The van der Waals surface area contributed by atoms with Gasteiger partial charge in [-0.2, -0.15) is 0 Å². The SMILES string of the molecule is CC1=C(C(=O)OC(C)C)C(c2cccs2)n2c(sc(=Cc3ccccc3Cl)c2=O)=N1. The summed E-state index contributed by atoms with van der Waals surface area (Å²) in [4.78, 5) is 32.3. The number of benzene rings is 1. The van der Waals surface area contributed by atoms with Gasteiger partial charge in [-0.3, -0.25) is 9.36 Å². The number of nitrogens with zero attached hydrogens (tertiary/aromatic N) is 2. The molecular formula is C22H19ClN2O3S2. The van der Waals surface area contributed by atoms with Crippen LogP contribution in [-0.4, -0.2) is 16.6 Å². The van der Waals surface area contributed by atoms with E-state index in [2.05, 4.69) is 4.99 Å². The standard InChI is InChI=1S/C22H19ClN2O3S2/c1-12(2)28-21(27)18-13(3)24-22-25(19(18)16-9-6-10-29-16)20(26)17(30-22)11-14-7-4-5-8-15(14)23/h4-12,19H,1-3H3. The van der Waals surface area contributed by atoms with Crippen molar-refractivity contribution in [1.82, 2.24) is 4.57 Å². The van der Waals surface area contributed by atoms with Crippen molar-refractivity contribution >= 4 is 46.3 Å². The number of aromatic nitrogens is 1. The fourth-order valence-electron chi connectivity index (χ4n) is 3.31. The maximum Gasteiger partial charge on any atom is 0.338 e. The first-order valence-corrected chi connectivity index (χ1v) is 11.5. The second kappa shape index (κ2) is 8.34. The number of ether oxygens (including phenoxy) is 1. The molecule has 1 aliphatic heterocycles. The Hall–Kier alpha value is -2.48. The zero-order valence-corrected chi connectivity index (χ0v) is 19.0. The van der Waals surface area contributed by atoms with Crippen molar-refractivity contribution in [3.63, 3.8) is 0 Å². The van der Waals surface area contributed by atoms with E-state index in [1.165, 1.54) is 22.7 Å². The number of allylic oxidation sites excluding steroid dienone is 1. The molecule has 30 heavy (non-hydrogen) atoms.